The Morgan fingerprint density at radius 1 is 1.45 bits per heavy atom. The summed E-state index contributed by atoms with van der Waals surface area (Å²) in [6.07, 6.45) is 3.78. The zero-order valence-corrected chi connectivity index (χ0v) is 12.3. The zero-order chi connectivity index (χ0) is 14.9. The standard InChI is InChI=1S/C11H12ClFN4O2S/c1-7(2)17-6-8(5-15-17)20(18,19)16-9-3-4-14-11(12)10(9)13/h3-7H,1-2H3,(H,14,16). The van der Waals surface area contributed by atoms with Crippen molar-refractivity contribution in [3.05, 3.63) is 35.6 Å². The second kappa shape index (κ2) is 5.37. The monoisotopic (exact) mass is 318 g/mol. The summed E-state index contributed by atoms with van der Waals surface area (Å²) in [5, 5.41) is 3.53. The van der Waals surface area contributed by atoms with Crippen molar-refractivity contribution in [1.29, 1.82) is 0 Å². The smallest absolute Gasteiger partial charge is 0.265 e. The van der Waals surface area contributed by atoms with Gasteiger partial charge in [0, 0.05) is 18.4 Å². The van der Waals surface area contributed by atoms with Crippen molar-refractivity contribution in [2.24, 2.45) is 0 Å². The van der Waals surface area contributed by atoms with Crippen molar-refractivity contribution < 1.29 is 12.8 Å². The van der Waals surface area contributed by atoms with Crippen molar-refractivity contribution in [3.63, 3.8) is 0 Å². The van der Waals surface area contributed by atoms with Crippen LogP contribution in [0, 0.1) is 5.82 Å². The summed E-state index contributed by atoms with van der Waals surface area (Å²) in [7, 11) is -3.93. The molecule has 0 aromatic carbocycles. The lowest BCUT2D eigenvalue weighted by molar-refractivity contribution is 0.531. The predicted octanol–water partition coefficient (Wildman–Crippen LogP) is 2.45. The first kappa shape index (κ1) is 14.7. The van der Waals surface area contributed by atoms with Gasteiger partial charge in [-0.2, -0.15) is 5.10 Å². The third-order valence-corrected chi connectivity index (χ3v) is 4.09. The molecule has 2 aromatic heterocycles. The molecule has 0 spiro atoms. The normalized spacial score (nSPS) is 11.8. The van der Waals surface area contributed by atoms with E-state index in [1.54, 1.807) is 0 Å². The number of halogens is 2. The molecular weight excluding hydrogens is 307 g/mol. The molecular formula is C11H12ClFN4O2S. The summed E-state index contributed by atoms with van der Waals surface area (Å²) >= 11 is 5.50. The lowest BCUT2D eigenvalue weighted by atomic mass is 10.4. The molecule has 0 atom stereocenters. The molecule has 108 valence electrons. The first-order chi connectivity index (χ1) is 9.31. The zero-order valence-electron chi connectivity index (χ0n) is 10.7. The van der Waals surface area contributed by atoms with Gasteiger partial charge in [-0.15, -0.1) is 0 Å². The fourth-order valence-corrected chi connectivity index (χ4v) is 2.60. The molecule has 6 nitrogen and oxygen atoms in total. The predicted molar refractivity (Wildman–Crippen MR) is 72.6 cm³/mol. The summed E-state index contributed by atoms with van der Waals surface area (Å²) < 4.78 is 41.5. The van der Waals surface area contributed by atoms with Crippen LogP contribution in [0.2, 0.25) is 5.15 Å². The highest BCUT2D eigenvalue weighted by Gasteiger charge is 2.20. The molecule has 0 bridgehead atoms. The Hall–Kier alpha value is -1.67. The first-order valence-electron chi connectivity index (χ1n) is 5.68. The van der Waals surface area contributed by atoms with Crippen LogP contribution in [0.1, 0.15) is 19.9 Å². The topological polar surface area (TPSA) is 76.9 Å². The number of pyridine rings is 1. The van der Waals surface area contributed by atoms with E-state index in [9.17, 15) is 12.8 Å². The van der Waals surface area contributed by atoms with E-state index in [4.69, 9.17) is 11.6 Å². The maximum Gasteiger partial charge on any atom is 0.265 e. The van der Waals surface area contributed by atoms with Gasteiger partial charge in [0.2, 0.25) is 0 Å². The second-order valence-electron chi connectivity index (χ2n) is 4.32. The minimum Gasteiger partial charge on any atom is -0.276 e. The molecule has 20 heavy (non-hydrogen) atoms. The number of hydrogen-bond acceptors (Lipinski definition) is 4. The molecule has 0 aliphatic rings. The molecule has 1 N–H and O–H groups in total. The van der Waals surface area contributed by atoms with Crippen molar-refractivity contribution >= 4 is 27.3 Å². The number of nitrogens with zero attached hydrogens (tertiary/aromatic N) is 3. The molecule has 0 aliphatic carbocycles. The van der Waals surface area contributed by atoms with Crippen LogP contribution in [0.3, 0.4) is 0 Å². The first-order valence-corrected chi connectivity index (χ1v) is 7.54. The highest BCUT2D eigenvalue weighted by Crippen LogP contribution is 2.22. The fourth-order valence-electron chi connectivity index (χ4n) is 1.44. The molecule has 0 fully saturated rings. The highest BCUT2D eigenvalue weighted by atomic mass is 35.5. The van der Waals surface area contributed by atoms with Gasteiger partial charge in [0.15, 0.2) is 11.0 Å². The van der Waals surface area contributed by atoms with E-state index in [0.29, 0.717) is 0 Å². The Morgan fingerprint density at radius 2 is 2.15 bits per heavy atom. The Kier molecular flexibility index (Phi) is 3.96. The van der Waals surface area contributed by atoms with Gasteiger partial charge in [0.1, 0.15) is 4.90 Å². The van der Waals surface area contributed by atoms with Gasteiger partial charge >= 0.3 is 0 Å². The van der Waals surface area contributed by atoms with E-state index >= 15 is 0 Å². The van der Waals surface area contributed by atoms with E-state index in [-0.39, 0.29) is 16.6 Å². The van der Waals surface area contributed by atoms with E-state index < -0.39 is 21.0 Å². The average molecular weight is 319 g/mol. The van der Waals surface area contributed by atoms with Crippen LogP contribution in [0.5, 0.6) is 0 Å². The minimum absolute atomic E-state index is 0.0195. The van der Waals surface area contributed by atoms with Gasteiger partial charge in [0.05, 0.1) is 11.9 Å². The van der Waals surface area contributed by atoms with Crippen LogP contribution in [0.15, 0.2) is 29.6 Å². The van der Waals surface area contributed by atoms with Crippen LogP contribution in [-0.2, 0) is 10.0 Å². The molecule has 0 unspecified atom stereocenters. The summed E-state index contributed by atoms with van der Waals surface area (Å²) in [6, 6.07) is 1.21. The lowest BCUT2D eigenvalue weighted by Gasteiger charge is -2.07. The number of anilines is 1. The van der Waals surface area contributed by atoms with E-state index in [2.05, 4.69) is 14.8 Å². The molecule has 0 radical (unpaired) electrons. The molecule has 2 heterocycles. The van der Waals surface area contributed by atoms with E-state index in [1.807, 2.05) is 13.8 Å². The average Bonchev–Trinajstić information content (AvgIpc) is 2.85. The number of nitrogens with one attached hydrogen (secondary N) is 1. The van der Waals surface area contributed by atoms with Crippen molar-refractivity contribution in [2.75, 3.05) is 4.72 Å². The van der Waals surface area contributed by atoms with Gasteiger partial charge in [-0.3, -0.25) is 9.40 Å². The highest BCUT2D eigenvalue weighted by molar-refractivity contribution is 7.92. The Labute approximate surface area is 120 Å². The molecule has 0 amide bonds. The van der Waals surface area contributed by atoms with Crippen molar-refractivity contribution in [1.82, 2.24) is 14.8 Å². The van der Waals surface area contributed by atoms with Crippen LogP contribution in [0.4, 0.5) is 10.1 Å². The number of hydrogen-bond donors (Lipinski definition) is 1. The maximum atomic E-state index is 13.6. The van der Waals surface area contributed by atoms with Crippen LogP contribution in [0.25, 0.3) is 0 Å². The van der Waals surface area contributed by atoms with E-state index in [0.717, 1.165) is 0 Å². The Balaban J connectivity index is 2.33. The number of rotatable bonds is 4. The summed E-state index contributed by atoms with van der Waals surface area (Å²) in [6.45, 7) is 3.72. The molecule has 0 aliphatic heterocycles. The van der Waals surface area contributed by atoms with Crippen molar-refractivity contribution in [3.8, 4) is 0 Å². The summed E-state index contributed by atoms with van der Waals surface area (Å²) in [4.78, 5) is 3.45. The van der Waals surface area contributed by atoms with Crippen LogP contribution in [-0.4, -0.2) is 23.2 Å². The van der Waals surface area contributed by atoms with Gasteiger partial charge in [-0.1, -0.05) is 11.6 Å². The summed E-state index contributed by atoms with van der Waals surface area (Å²) in [5.41, 5.74) is -0.262. The third kappa shape index (κ3) is 2.91. The summed E-state index contributed by atoms with van der Waals surface area (Å²) in [5.74, 6) is -0.922. The van der Waals surface area contributed by atoms with Gasteiger partial charge in [-0.05, 0) is 19.9 Å². The lowest BCUT2D eigenvalue weighted by Crippen LogP contribution is -2.14. The fraction of sp³-hybridized carbons (Fsp3) is 0.273. The second-order valence-corrected chi connectivity index (χ2v) is 6.36. The number of aromatic nitrogens is 3. The van der Waals surface area contributed by atoms with Gasteiger partial charge in [-0.25, -0.2) is 17.8 Å². The van der Waals surface area contributed by atoms with Crippen LogP contribution >= 0.6 is 11.6 Å². The molecule has 9 heteroatoms. The van der Waals surface area contributed by atoms with E-state index in [1.165, 1.54) is 29.3 Å². The number of sulfonamides is 1. The minimum atomic E-state index is -3.93. The molecule has 2 aromatic rings. The molecule has 0 saturated heterocycles. The SMILES string of the molecule is CC(C)n1cc(S(=O)(=O)Nc2ccnc(Cl)c2F)cn1. The van der Waals surface area contributed by atoms with Gasteiger partial charge in [0.25, 0.3) is 10.0 Å². The van der Waals surface area contributed by atoms with Gasteiger partial charge < -0.3 is 0 Å². The molecule has 0 saturated carbocycles. The quantitative estimate of drug-likeness (QED) is 0.878. The molecule has 2 rings (SSSR count). The Bertz CT molecular complexity index is 730. The third-order valence-electron chi connectivity index (χ3n) is 2.51. The Morgan fingerprint density at radius 3 is 2.75 bits per heavy atom. The van der Waals surface area contributed by atoms with Crippen molar-refractivity contribution in [2.45, 2.75) is 24.8 Å². The van der Waals surface area contributed by atoms with Crippen LogP contribution < -0.4 is 4.72 Å². The maximum absolute atomic E-state index is 13.6. The largest absolute Gasteiger partial charge is 0.276 e.